The first-order valence-corrected chi connectivity index (χ1v) is 9.76. The van der Waals surface area contributed by atoms with Crippen molar-refractivity contribution in [3.63, 3.8) is 0 Å². The lowest BCUT2D eigenvalue weighted by Gasteiger charge is -2.34. The Morgan fingerprint density at radius 1 is 1.40 bits per heavy atom. The van der Waals surface area contributed by atoms with Crippen molar-refractivity contribution in [3.05, 3.63) is 48.4 Å². The number of rotatable bonds is 2. The summed E-state index contributed by atoms with van der Waals surface area (Å²) in [6.07, 6.45) is -4.23. The van der Waals surface area contributed by atoms with Crippen LogP contribution in [-0.4, -0.2) is 55.6 Å². The number of carbonyl (C=O) groups is 1. The second kappa shape index (κ2) is 8.32. The summed E-state index contributed by atoms with van der Waals surface area (Å²) in [5, 5.41) is 15.4. The summed E-state index contributed by atoms with van der Waals surface area (Å²) in [5.41, 5.74) is -0.282. The predicted molar refractivity (Wildman–Crippen MR) is 99.3 cm³/mol. The number of hydrogen-bond acceptors (Lipinski definition) is 7. The van der Waals surface area contributed by atoms with Crippen molar-refractivity contribution in [3.8, 4) is 0 Å². The fraction of sp³-hybridized carbons (Fsp3) is 0.529. The van der Waals surface area contributed by atoms with Crippen LogP contribution in [-0.2, 0) is 29.2 Å². The highest BCUT2D eigenvalue weighted by Gasteiger charge is 2.43. The number of nitrogens with one attached hydrogen (secondary N) is 1. The molecular weight excluding hydrogens is 429 g/mol. The lowest BCUT2D eigenvalue weighted by atomic mass is 10.0. The molecule has 4 heterocycles. The first-order valence-electron chi connectivity index (χ1n) is 8.88. The average molecular weight is 448 g/mol. The van der Waals surface area contributed by atoms with E-state index >= 15 is 0 Å². The van der Waals surface area contributed by atoms with Gasteiger partial charge in [0.25, 0.3) is 0 Å². The molecule has 2 aliphatic rings. The maximum Gasteiger partial charge on any atom is 0.490 e. The summed E-state index contributed by atoms with van der Waals surface area (Å²) >= 11 is 1.77. The predicted octanol–water partition coefficient (Wildman–Crippen LogP) is 1.11. The fourth-order valence-corrected chi connectivity index (χ4v) is 4.31. The summed E-state index contributed by atoms with van der Waals surface area (Å²) in [6.45, 7) is 5.39. The Bertz CT molecular complexity index is 1050. The highest BCUT2D eigenvalue weighted by atomic mass is 32.1. The monoisotopic (exact) mass is 448 g/mol. The molecule has 2 aromatic rings. The normalized spacial score (nSPS) is 21.2. The molecule has 0 aliphatic carbocycles. The van der Waals surface area contributed by atoms with Crippen LogP contribution < -0.4 is 11.1 Å². The number of carboxylic acids is 1. The molecule has 1 unspecified atom stereocenters. The summed E-state index contributed by atoms with van der Waals surface area (Å²) in [4.78, 5) is 36.2. The van der Waals surface area contributed by atoms with E-state index in [-0.39, 0.29) is 6.61 Å². The maximum atomic E-state index is 12.0. The number of alkyl halides is 3. The van der Waals surface area contributed by atoms with E-state index in [0.29, 0.717) is 12.4 Å². The molecule has 0 bridgehead atoms. The number of aromatic nitrogens is 3. The Balaban J connectivity index is 0.000000318. The Morgan fingerprint density at radius 3 is 2.70 bits per heavy atom. The van der Waals surface area contributed by atoms with Crippen molar-refractivity contribution in [1.82, 2.24) is 19.7 Å². The Morgan fingerprint density at radius 2 is 2.10 bits per heavy atom. The number of ether oxygens (including phenoxy) is 1. The highest BCUT2D eigenvalue weighted by molar-refractivity contribution is 7.10. The van der Waals surface area contributed by atoms with Gasteiger partial charge in [-0.3, -0.25) is 19.1 Å². The third-order valence-corrected chi connectivity index (χ3v) is 5.97. The van der Waals surface area contributed by atoms with E-state index in [1.165, 1.54) is 15.0 Å². The Labute approximate surface area is 171 Å². The van der Waals surface area contributed by atoms with Crippen LogP contribution in [0.25, 0.3) is 0 Å². The van der Waals surface area contributed by atoms with Crippen LogP contribution >= 0.6 is 11.3 Å². The van der Waals surface area contributed by atoms with E-state index in [4.69, 9.17) is 14.6 Å². The lowest BCUT2D eigenvalue weighted by Crippen LogP contribution is -2.51. The molecule has 0 aromatic carbocycles. The van der Waals surface area contributed by atoms with E-state index in [1.54, 1.807) is 11.3 Å². The van der Waals surface area contributed by atoms with Crippen molar-refractivity contribution in [1.29, 1.82) is 0 Å². The molecule has 1 spiro atoms. The quantitative estimate of drug-likeness (QED) is 0.661. The second-order valence-corrected chi connectivity index (χ2v) is 8.12. The minimum atomic E-state index is -5.08. The minimum absolute atomic E-state index is 0.262. The van der Waals surface area contributed by atoms with Crippen molar-refractivity contribution in [2.75, 3.05) is 13.1 Å². The highest BCUT2D eigenvalue weighted by Crippen LogP contribution is 2.32. The number of hydrogen-bond donors (Lipinski definition) is 2. The Hall–Kier alpha value is -2.51. The molecule has 1 fully saturated rings. The van der Waals surface area contributed by atoms with Gasteiger partial charge in [-0.15, -0.1) is 11.3 Å². The first-order chi connectivity index (χ1) is 14.0. The second-order valence-electron chi connectivity index (χ2n) is 7.12. The van der Waals surface area contributed by atoms with Crippen LogP contribution in [0, 0.1) is 6.92 Å². The summed E-state index contributed by atoms with van der Waals surface area (Å²) in [5.74, 6) is -2.26. The van der Waals surface area contributed by atoms with E-state index in [1.807, 2.05) is 0 Å². The van der Waals surface area contributed by atoms with Gasteiger partial charge in [0, 0.05) is 24.5 Å². The third kappa shape index (κ3) is 4.79. The van der Waals surface area contributed by atoms with Crippen molar-refractivity contribution >= 4 is 17.3 Å². The van der Waals surface area contributed by atoms with Crippen molar-refractivity contribution in [2.24, 2.45) is 0 Å². The SMILES string of the molecule is Cc1ccsc1CN1CCC2(C1)Cn1c(n[nH]c(=O)c1=O)CO2.O=C(O)C(F)(F)F. The molecule has 0 amide bonds. The fourth-order valence-electron chi connectivity index (χ4n) is 3.37. The van der Waals surface area contributed by atoms with Gasteiger partial charge in [0.1, 0.15) is 12.2 Å². The van der Waals surface area contributed by atoms with Gasteiger partial charge >= 0.3 is 23.3 Å². The molecule has 1 atom stereocenters. The molecule has 0 radical (unpaired) electrons. The van der Waals surface area contributed by atoms with Gasteiger partial charge in [0.05, 0.1) is 6.54 Å². The molecule has 9 nitrogen and oxygen atoms in total. The summed E-state index contributed by atoms with van der Waals surface area (Å²) in [6, 6.07) is 2.14. The van der Waals surface area contributed by atoms with Crippen LogP contribution in [0.2, 0.25) is 0 Å². The molecule has 30 heavy (non-hydrogen) atoms. The van der Waals surface area contributed by atoms with Gasteiger partial charge in [-0.1, -0.05) is 0 Å². The lowest BCUT2D eigenvalue weighted by molar-refractivity contribution is -0.192. The molecule has 2 N–H and O–H groups in total. The minimum Gasteiger partial charge on any atom is -0.475 e. The molecule has 2 aromatic heterocycles. The summed E-state index contributed by atoms with van der Waals surface area (Å²) < 4.78 is 39.3. The largest absolute Gasteiger partial charge is 0.490 e. The Kier molecular flexibility index (Phi) is 6.15. The number of likely N-dealkylation sites (tertiary alicyclic amines) is 1. The zero-order valence-corrected chi connectivity index (χ0v) is 16.7. The van der Waals surface area contributed by atoms with Crippen LogP contribution in [0.15, 0.2) is 21.0 Å². The number of aromatic amines is 1. The van der Waals surface area contributed by atoms with Crippen LogP contribution in [0.4, 0.5) is 13.2 Å². The molecule has 4 rings (SSSR count). The van der Waals surface area contributed by atoms with Gasteiger partial charge in [0.15, 0.2) is 5.82 Å². The number of aliphatic carboxylic acids is 1. The molecule has 0 saturated carbocycles. The average Bonchev–Trinajstić information content (AvgIpc) is 3.25. The van der Waals surface area contributed by atoms with Crippen LogP contribution in [0.1, 0.15) is 22.7 Å². The zero-order valence-electron chi connectivity index (χ0n) is 15.9. The number of carboxylic acid groups (broad SMARTS) is 1. The number of fused-ring (bicyclic) bond motifs is 1. The molecule has 1 saturated heterocycles. The van der Waals surface area contributed by atoms with Crippen molar-refractivity contribution in [2.45, 2.75) is 44.8 Å². The molecular formula is C17H19F3N4O5S. The molecule has 164 valence electrons. The first kappa shape index (κ1) is 22.2. The van der Waals surface area contributed by atoms with Crippen LogP contribution in [0.3, 0.4) is 0 Å². The van der Waals surface area contributed by atoms with E-state index < -0.39 is 28.9 Å². The van der Waals surface area contributed by atoms with Gasteiger partial charge in [-0.2, -0.15) is 18.3 Å². The standard InChI is InChI=1S/C15H18N4O3S.C2HF3O2/c1-10-2-5-23-11(10)6-18-4-3-15(8-18)9-19-12(7-22-15)16-17-13(20)14(19)21;3-2(4,5)1(6)7/h2,5H,3-4,6-9H2,1H3,(H,17,20);(H,6,7). The molecule has 2 aliphatic heterocycles. The topological polar surface area (TPSA) is 118 Å². The van der Waals surface area contributed by atoms with Gasteiger partial charge in [0.2, 0.25) is 0 Å². The maximum absolute atomic E-state index is 12.0. The van der Waals surface area contributed by atoms with Gasteiger partial charge in [-0.05, 0) is 30.4 Å². The number of H-pyrrole nitrogens is 1. The van der Waals surface area contributed by atoms with Gasteiger partial charge in [-0.25, -0.2) is 9.89 Å². The van der Waals surface area contributed by atoms with Gasteiger partial charge < -0.3 is 9.84 Å². The smallest absolute Gasteiger partial charge is 0.475 e. The number of nitrogens with zero attached hydrogens (tertiary/aromatic N) is 3. The number of thiophene rings is 1. The van der Waals surface area contributed by atoms with E-state index in [9.17, 15) is 22.8 Å². The van der Waals surface area contributed by atoms with E-state index in [0.717, 1.165) is 26.1 Å². The van der Waals surface area contributed by atoms with E-state index in [2.05, 4.69) is 33.5 Å². The number of halogens is 3. The van der Waals surface area contributed by atoms with Crippen molar-refractivity contribution < 1.29 is 27.8 Å². The van der Waals surface area contributed by atoms with Crippen LogP contribution in [0.5, 0.6) is 0 Å². The summed E-state index contributed by atoms with van der Waals surface area (Å²) in [7, 11) is 0. The third-order valence-electron chi connectivity index (χ3n) is 4.96. The zero-order chi connectivity index (χ0) is 22.1. The number of aryl methyl sites for hydroxylation is 1. The molecule has 13 heteroatoms.